The number of carbonyl (C=O) groups is 1. The molecule has 7 nitrogen and oxygen atoms in total. The summed E-state index contributed by atoms with van der Waals surface area (Å²) in [6, 6.07) is 19.9. The number of hydrogen-bond donors (Lipinski definition) is 1. The van der Waals surface area contributed by atoms with Crippen LogP contribution in [0.2, 0.25) is 0 Å². The Bertz CT molecular complexity index is 1290. The molecule has 0 spiro atoms. The van der Waals surface area contributed by atoms with Gasteiger partial charge in [-0.3, -0.25) is 5.32 Å². The average molecular weight is 482 g/mol. The summed E-state index contributed by atoms with van der Waals surface area (Å²) in [6.07, 6.45) is -4.28. The summed E-state index contributed by atoms with van der Waals surface area (Å²) in [5, 5.41) is 7.04. The van der Waals surface area contributed by atoms with Gasteiger partial charge in [0, 0.05) is 11.3 Å². The van der Waals surface area contributed by atoms with E-state index in [1.54, 1.807) is 31.2 Å². The molecule has 1 aromatic heterocycles. The number of rotatable bonds is 6. The van der Waals surface area contributed by atoms with E-state index in [4.69, 9.17) is 4.74 Å². The van der Waals surface area contributed by atoms with E-state index < -0.39 is 18.6 Å². The monoisotopic (exact) mass is 482 g/mol. The molecule has 35 heavy (non-hydrogen) atoms. The Morgan fingerprint density at radius 1 is 0.971 bits per heavy atom. The topological polar surface area (TPSA) is 78.3 Å². The Hall–Kier alpha value is -4.34. The molecule has 4 aromatic rings. The van der Waals surface area contributed by atoms with E-state index in [9.17, 15) is 18.0 Å². The average Bonchev–Trinajstić information content (AvgIpc) is 3.29. The largest absolute Gasteiger partial charge is 0.573 e. The summed E-state index contributed by atoms with van der Waals surface area (Å²) in [4.78, 5) is 16.5. The van der Waals surface area contributed by atoms with Crippen LogP contribution in [0.3, 0.4) is 0 Å². The van der Waals surface area contributed by atoms with E-state index in [0.717, 1.165) is 11.1 Å². The third kappa shape index (κ3) is 6.38. The molecule has 0 bridgehead atoms. The summed E-state index contributed by atoms with van der Waals surface area (Å²) in [7, 11) is 0. The van der Waals surface area contributed by atoms with Crippen LogP contribution in [-0.4, -0.2) is 27.2 Å². The van der Waals surface area contributed by atoms with Gasteiger partial charge in [0.2, 0.25) is 0 Å². The molecule has 0 saturated heterocycles. The van der Waals surface area contributed by atoms with Gasteiger partial charge >= 0.3 is 12.5 Å². The number of amides is 1. The first-order valence-corrected chi connectivity index (χ1v) is 10.6. The number of aromatic nitrogens is 3. The van der Waals surface area contributed by atoms with Crippen molar-refractivity contribution in [3.63, 3.8) is 0 Å². The molecule has 3 aromatic carbocycles. The Morgan fingerprint density at radius 3 is 2.26 bits per heavy atom. The first-order chi connectivity index (χ1) is 16.7. The molecular weight excluding hydrogens is 461 g/mol. The summed E-state index contributed by atoms with van der Waals surface area (Å²) < 4.78 is 47.7. The summed E-state index contributed by atoms with van der Waals surface area (Å²) in [5.41, 5.74) is 3.76. The number of alkyl halides is 3. The molecular formula is C25H21F3N4O3. The van der Waals surface area contributed by atoms with Crippen LogP contribution in [0.25, 0.3) is 17.1 Å². The van der Waals surface area contributed by atoms with Crippen LogP contribution in [0.1, 0.15) is 24.2 Å². The lowest BCUT2D eigenvalue weighted by Gasteiger charge is -2.14. The lowest BCUT2D eigenvalue weighted by molar-refractivity contribution is -0.274. The molecule has 1 atom stereocenters. The van der Waals surface area contributed by atoms with Crippen molar-refractivity contribution in [2.45, 2.75) is 26.3 Å². The molecule has 0 radical (unpaired) electrons. The van der Waals surface area contributed by atoms with E-state index in [0.29, 0.717) is 22.8 Å². The highest BCUT2D eigenvalue weighted by atomic mass is 19.4. The van der Waals surface area contributed by atoms with Crippen molar-refractivity contribution in [2.75, 3.05) is 5.32 Å². The molecule has 1 unspecified atom stereocenters. The quantitative estimate of drug-likeness (QED) is 0.342. The minimum Gasteiger partial charge on any atom is -0.441 e. The molecule has 1 heterocycles. The van der Waals surface area contributed by atoms with Crippen LogP contribution in [0.15, 0.2) is 79.1 Å². The number of halogens is 3. The van der Waals surface area contributed by atoms with Crippen LogP contribution in [0.5, 0.6) is 5.75 Å². The molecule has 0 aliphatic rings. The van der Waals surface area contributed by atoms with Gasteiger partial charge in [-0.15, -0.1) is 18.3 Å². The van der Waals surface area contributed by atoms with E-state index in [-0.39, 0.29) is 5.75 Å². The molecule has 1 amide bonds. The van der Waals surface area contributed by atoms with Crippen molar-refractivity contribution in [3.05, 3.63) is 90.3 Å². The number of anilines is 1. The zero-order valence-corrected chi connectivity index (χ0v) is 18.8. The van der Waals surface area contributed by atoms with Gasteiger partial charge in [-0.05, 0) is 67.9 Å². The SMILES string of the molecule is Cc1ccc(C(C)OC(=O)Nc2ccc(-c3ncn(-c4ccc(OC(F)(F)F)cc4)n3)cc2)cc1. The lowest BCUT2D eigenvalue weighted by Crippen LogP contribution is -2.17. The minimum absolute atomic E-state index is 0.323. The van der Waals surface area contributed by atoms with Gasteiger partial charge in [0.05, 0.1) is 5.69 Å². The van der Waals surface area contributed by atoms with E-state index >= 15 is 0 Å². The highest BCUT2D eigenvalue weighted by Crippen LogP contribution is 2.24. The number of nitrogens with one attached hydrogen (secondary N) is 1. The molecule has 0 aliphatic heterocycles. The van der Waals surface area contributed by atoms with E-state index in [1.165, 1.54) is 35.3 Å². The number of aryl methyl sites for hydroxylation is 1. The van der Waals surface area contributed by atoms with Crippen LogP contribution >= 0.6 is 0 Å². The zero-order chi connectivity index (χ0) is 25.0. The second-order valence-corrected chi connectivity index (χ2v) is 7.72. The van der Waals surface area contributed by atoms with Gasteiger partial charge in [-0.25, -0.2) is 14.5 Å². The van der Waals surface area contributed by atoms with Crippen LogP contribution in [0, 0.1) is 6.92 Å². The highest BCUT2D eigenvalue weighted by Gasteiger charge is 2.31. The Kier molecular flexibility index (Phi) is 6.72. The summed E-state index contributed by atoms with van der Waals surface area (Å²) in [6.45, 7) is 3.78. The van der Waals surface area contributed by atoms with Crippen molar-refractivity contribution >= 4 is 11.8 Å². The Balaban J connectivity index is 1.37. The smallest absolute Gasteiger partial charge is 0.441 e. The van der Waals surface area contributed by atoms with E-state index in [2.05, 4.69) is 20.1 Å². The van der Waals surface area contributed by atoms with Gasteiger partial charge in [0.1, 0.15) is 18.2 Å². The molecule has 4 rings (SSSR count). The standard InChI is InChI=1S/C25H21F3N4O3/c1-16-3-5-18(6-4-16)17(2)34-24(33)30-20-9-7-19(8-10-20)23-29-15-32(31-23)21-11-13-22(14-12-21)35-25(26,27)28/h3-15,17H,1-2H3,(H,30,33). The van der Waals surface area contributed by atoms with Crippen molar-refractivity contribution in [1.82, 2.24) is 14.8 Å². The van der Waals surface area contributed by atoms with Crippen molar-refractivity contribution in [2.24, 2.45) is 0 Å². The van der Waals surface area contributed by atoms with Gasteiger partial charge in [0.15, 0.2) is 5.82 Å². The first kappa shape index (κ1) is 23.8. The van der Waals surface area contributed by atoms with Gasteiger partial charge in [-0.2, -0.15) is 0 Å². The maximum Gasteiger partial charge on any atom is 0.573 e. The molecule has 0 fully saturated rings. The second kappa shape index (κ2) is 9.88. The Morgan fingerprint density at radius 2 is 1.63 bits per heavy atom. The fraction of sp³-hybridized carbons (Fsp3) is 0.160. The molecule has 0 saturated carbocycles. The summed E-state index contributed by atoms with van der Waals surface area (Å²) in [5.74, 6) is 0.0826. The number of benzene rings is 3. The zero-order valence-electron chi connectivity index (χ0n) is 18.8. The van der Waals surface area contributed by atoms with Crippen LogP contribution < -0.4 is 10.1 Å². The lowest BCUT2D eigenvalue weighted by atomic mass is 10.1. The number of carbonyl (C=O) groups excluding carboxylic acids is 1. The molecule has 180 valence electrons. The van der Waals surface area contributed by atoms with Crippen LogP contribution in [0.4, 0.5) is 23.7 Å². The third-order valence-electron chi connectivity index (χ3n) is 5.05. The van der Waals surface area contributed by atoms with Crippen LogP contribution in [-0.2, 0) is 4.74 Å². The molecule has 1 N–H and O–H groups in total. The van der Waals surface area contributed by atoms with Crippen molar-refractivity contribution in [1.29, 1.82) is 0 Å². The van der Waals surface area contributed by atoms with E-state index in [1.807, 2.05) is 31.2 Å². The van der Waals surface area contributed by atoms with Gasteiger partial charge in [-0.1, -0.05) is 29.8 Å². The maximum atomic E-state index is 12.3. The molecule has 0 aliphatic carbocycles. The highest BCUT2D eigenvalue weighted by molar-refractivity contribution is 5.85. The predicted molar refractivity (Wildman–Crippen MR) is 123 cm³/mol. The van der Waals surface area contributed by atoms with Crippen molar-refractivity contribution in [3.8, 4) is 22.8 Å². The molecule has 10 heteroatoms. The van der Waals surface area contributed by atoms with Crippen molar-refractivity contribution < 1.29 is 27.4 Å². The minimum atomic E-state index is -4.75. The number of hydrogen-bond acceptors (Lipinski definition) is 5. The van der Waals surface area contributed by atoms with Gasteiger partial charge in [0.25, 0.3) is 0 Å². The third-order valence-corrected chi connectivity index (χ3v) is 5.05. The fourth-order valence-electron chi connectivity index (χ4n) is 3.24. The first-order valence-electron chi connectivity index (χ1n) is 10.6. The summed E-state index contributed by atoms with van der Waals surface area (Å²) >= 11 is 0. The number of nitrogens with zero attached hydrogens (tertiary/aromatic N) is 3. The van der Waals surface area contributed by atoms with Gasteiger partial charge < -0.3 is 9.47 Å². The number of ether oxygens (including phenoxy) is 2. The fourth-order valence-corrected chi connectivity index (χ4v) is 3.24. The normalized spacial score (nSPS) is 12.1. The maximum absolute atomic E-state index is 12.3. The predicted octanol–water partition coefficient (Wildman–Crippen LogP) is 6.45. The Labute approximate surface area is 199 Å². The second-order valence-electron chi connectivity index (χ2n) is 7.72.